The van der Waals surface area contributed by atoms with Gasteiger partial charge in [-0.15, -0.1) is 0 Å². The largest absolute Gasteiger partial charge is 0.471 e. The molecule has 0 fully saturated rings. The summed E-state index contributed by atoms with van der Waals surface area (Å²) in [6.45, 7) is 0.942. The Morgan fingerprint density at radius 1 is 1.20 bits per heavy atom. The van der Waals surface area contributed by atoms with E-state index in [0.29, 0.717) is 18.5 Å². The van der Waals surface area contributed by atoms with Crippen molar-refractivity contribution in [2.45, 2.75) is 13.1 Å². The van der Waals surface area contributed by atoms with Gasteiger partial charge in [0.2, 0.25) is 0 Å². The average Bonchev–Trinajstić information content (AvgIpc) is 3.08. The van der Waals surface area contributed by atoms with Crippen molar-refractivity contribution in [3.05, 3.63) is 53.0 Å². The summed E-state index contributed by atoms with van der Waals surface area (Å²) in [5.74, 6) is 0. The fourth-order valence-corrected chi connectivity index (χ4v) is 3.18. The Kier molecular flexibility index (Phi) is 4.21. The standard InChI is InChI=1S/C15H17N4O5S/c1-16-8-9-18(15(16)24-25(2,22)23)11-10-17-7-6-12-13(17)4-3-5-14(12)19(20)21/h3-9H,10-11H2,1-2H3/q+1. The molecular weight excluding hydrogens is 348 g/mol. The van der Waals surface area contributed by atoms with Crippen LogP contribution in [0.1, 0.15) is 0 Å². The van der Waals surface area contributed by atoms with Crippen LogP contribution in [0.15, 0.2) is 42.9 Å². The van der Waals surface area contributed by atoms with E-state index in [2.05, 4.69) is 0 Å². The average molecular weight is 365 g/mol. The molecule has 0 unspecified atom stereocenters. The monoisotopic (exact) mass is 365 g/mol. The zero-order chi connectivity index (χ0) is 18.2. The first-order valence-electron chi connectivity index (χ1n) is 7.43. The Balaban J connectivity index is 1.87. The smallest absolute Gasteiger partial charge is 0.343 e. The molecular formula is C15H17N4O5S+. The maximum absolute atomic E-state index is 11.4. The molecule has 0 amide bonds. The highest BCUT2D eigenvalue weighted by Crippen LogP contribution is 2.26. The van der Waals surface area contributed by atoms with Crippen molar-refractivity contribution in [2.75, 3.05) is 6.26 Å². The molecule has 0 atom stereocenters. The number of nitrogens with zero attached hydrogens (tertiary/aromatic N) is 4. The maximum Gasteiger partial charge on any atom is 0.471 e. The van der Waals surface area contributed by atoms with Crippen molar-refractivity contribution in [3.8, 4) is 6.01 Å². The molecule has 3 aromatic rings. The molecule has 0 spiro atoms. The molecule has 0 saturated carbocycles. The molecule has 10 heteroatoms. The number of nitro groups is 1. The van der Waals surface area contributed by atoms with Gasteiger partial charge in [0, 0.05) is 12.3 Å². The highest BCUT2D eigenvalue weighted by molar-refractivity contribution is 7.86. The predicted octanol–water partition coefficient (Wildman–Crippen LogP) is 1.21. The van der Waals surface area contributed by atoms with Crippen LogP contribution >= 0.6 is 0 Å². The lowest BCUT2D eigenvalue weighted by molar-refractivity contribution is -0.674. The first-order chi connectivity index (χ1) is 11.8. The van der Waals surface area contributed by atoms with Crippen LogP contribution in [0.4, 0.5) is 5.69 Å². The molecule has 2 aromatic heterocycles. The second-order valence-electron chi connectivity index (χ2n) is 5.65. The number of imidazole rings is 1. The normalized spacial score (nSPS) is 11.8. The maximum atomic E-state index is 11.4. The Hall–Kier alpha value is -2.88. The van der Waals surface area contributed by atoms with Gasteiger partial charge in [-0.3, -0.25) is 10.1 Å². The first kappa shape index (κ1) is 17.0. The van der Waals surface area contributed by atoms with E-state index in [1.165, 1.54) is 6.07 Å². The highest BCUT2D eigenvalue weighted by atomic mass is 32.2. The summed E-state index contributed by atoms with van der Waals surface area (Å²) in [7, 11) is -1.95. The summed E-state index contributed by atoms with van der Waals surface area (Å²) >= 11 is 0. The second kappa shape index (κ2) is 6.20. The third-order valence-electron chi connectivity index (χ3n) is 3.81. The lowest BCUT2D eigenvalue weighted by atomic mass is 10.2. The van der Waals surface area contributed by atoms with Crippen LogP contribution < -0.4 is 8.75 Å². The summed E-state index contributed by atoms with van der Waals surface area (Å²) in [5.41, 5.74) is 0.807. The number of aromatic nitrogens is 3. The summed E-state index contributed by atoms with van der Waals surface area (Å²) in [6, 6.07) is 6.83. The minimum absolute atomic E-state index is 0.0599. The van der Waals surface area contributed by atoms with Crippen LogP contribution in [0.3, 0.4) is 0 Å². The van der Waals surface area contributed by atoms with E-state index in [1.807, 2.05) is 10.6 Å². The predicted molar refractivity (Wildman–Crippen MR) is 89.7 cm³/mol. The number of benzene rings is 1. The minimum atomic E-state index is -3.64. The van der Waals surface area contributed by atoms with E-state index < -0.39 is 15.0 Å². The number of aryl methyl sites for hydroxylation is 3. The molecule has 0 N–H and O–H groups in total. The number of hydrogen-bond donors (Lipinski definition) is 0. The van der Waals surface area contributed by atoms with E-state index in [-0.39, 0.29) is 11.7 Å². The first-order valence-corrected chi connectivity index (χ1v) is 9.24. The van der Waals surface area contributed by atoms with Gasteiger partial charge in [-0.05, 0) is 12.1 Å². The molecule has 0 aliphatic rings. The zero-order valence-electron chi connectivity index (χ0n) is 13.7. The molecule has 0 saturated heterocycles. The lowest BCUT2D eigenvalue weighted by Crippen LogP contribution is -2.30. The highest BCUT2D eigenvalue weighted by Gasteiger charge is 2.21. The van der Waals surface area contributed by atoms with Gasteiger partial charge in [0.1, 0.15) is 18.9 Å². The molecule has 1 aromatic carbocycles. The fraction of sp³-hybridized carbons (Fsp3) is 0.267. The Morgan fingerprint density at radius 3 is 2.60 bits per heavy atom. The van der Waals surface area contributed by atoms with Crippen molar-refractivity contribution < 1.29 is 22.1 Å². The minimum Gasteiger partial charge on any atom is -0.343 e. The van der Waals surface area contributed by atoms with E-state index in [1.54, 1.807) is 46.9 Å². The Bertz CT molecular complexity index is 1050. The van der Waals surface area contributed by atoms with Crippen LogP contribution in [0, 0.1) is 10.1 Å². The van der Waals surface area contributed by atoms with Gasteiger partial charge >= 0.3 is 16.1 Å². The Labute approximate surface area is 143 Å². The topological polar surface area (TPSA) is 100 Å². The van der Waals surface area contributed by atoms with Crippen LogP contribution in [0.25, 0.3) is 10.9 Å². The number of non-ortho nitro benzene ring substituents is 1. The van der Waals surface area contributed by atoms with Crippen LogP contribution in [0.5, 0.6) is 6.01 Å². The molecule has 25 heavy (non-hydrogen) atoms. The molecule has 0 aliphatic carbocycles. The van der Waals surface area contributed by atoms with Crippen LogP contribution in [-0.2, 0) is 30.3 Å². The van der Waals surface area contributed by atoms with Gasteiger partial charge < -0.3 is 8.75 Å². The number of hydrogen-bond acceptors (Lipinski definition) is 5. The van der Waals surface area contributed by atoms with E-state index in [9.17, 15) is 18.5 Å². The van der Waals surface area contributed by atoms with Gasteiger partial charge in [0.05, 0.1) is 35.7 Å². The molecule has 2 heterocycles. The molecule has 3 rings (SSSR count). The number of nitro benzene ring substituents is 1. The third-order valence-corrected chi connectivity index (χ3v) is 4.26. The van der Waals surface area contributed by atoms with Crippen molar-refractivity contribution in [1.29, 1.82) is 0 Å². The Morgan fingerprint density at radius 2 is 1.92 bits per heavy atom. The number of rotatable bonds is 6. The molecule has 0 aliphatic heterocycles. The van der Waals surface area contributed by atoms with Crippen molar-refractivity contribution in [2.24, 2.45) is 7.05 Å². The summed E-state index contributed by atoms with van der Waals surface area (Å²) in [4.78, 5) is 10.7. The van der Waals surface area contributed by atoms with Gasteiger partial charge in [-0.1, -0.05) is 6.07 Å². The van der Waals surface area contributed by atoms with Crippen LogP contribution in [0.2, 0.25) is 0 Å². The molecule has 0 radical (unpaired) electrons. The van der Waals surface area contributed by atoms with Gasteiger partial charge in [-0.2, -0.15) is 17.6 Å². The van der Waals surface area contributed by atoms with Crippen molar-refractivity contribution in [1.82, 2.24) is 9.13 Å². The molecule has 132 valence electrons. The molecule has 9 nitrogen and oxygen atoms in total. The van der Waals surface area contributed by atoms with Gasteiger partial charge in [0.25, 0.3) is 5.69 Å². The van der Waals surface area contributed by atoms with E-state index in [4.69, 9.17) is 4.18 Å². The van der Waals surface area contributed by atoms with E-state index >= 15 is 0 Å². The molecule has 0 bridgehead atoms. The van der Waals surface area contributed by atoms with E-state index in [0.717, 1.165) is 11.8 Å². The summed E-state index contributed by atoms with van der Waals surface area (Å²) < 4.78 is 32.9. The summed E-state index contributed by atoms with van der Waals surface area (Å²) in [5, 5.41) is 11.7. The lowest BCUT2D eigenvalue weighted by Gasteiger charge is -2.05. The van der Waals surface area contributed by atoms with Gasteiger partial charge in [0.15, 0.2) is 0 Å². The zero-order valence-corrected chi connectivity index (χ0v) is 14.5. The van der Waals surface area contributed by atoms with Gasteiger partial charge in [-0.25, -0.2) is 0 Å². The van der Waals surface area contributed by atoms with Crippen molar-refractivity contribution in [3.63, 3.8) is 0 Å². The number of fused-ring (bicyclic) bond motifs is 1. The van der Waals surface area contributed by atoms with Crippen LogP contribution in [-0.4, -0.2) is 28.7 Å². The third kappa shape index (κ3) is 3.48. The quantitative estimate of drug-likeness (QED) is 0.283. The SMILES string of the molecule is C[n+]1ccn(CCn2ccc3c([N+](=O)[O-])cccc32)c1OS(C)(=O)=O. The summed E-state index contributed by atoms with van der Waals surface area (Å²) in [6.07, 6.45) is 6.18. The second-order valence-corrected chi connectivity index (χ2v) is 7.22. The van der Waals surface area contributed by atoms with Crippen molar-refractivity contribution >= 4 is 26.7 Å². The fourth-order valence-electron chi connectivity index (χ4n) is 2.70.